The topological polar surface area (TPSA) is 44.4 Å². The lowest BCUT2D eigenvalue weighted by atomic mass is 9.45. The molecule has 0 unspecified atom stereocenters. The lowest BCUT2D eigenvalue weighted by molar-refractivity contribution is 0.436. The van der Waals surface area contributed by atoms with Gasteiger partial charge in [0.25, 0.3) is 0 Å². The van der Waals surface area contributed by atoms with Crippen LogP contribution in [0.2, 0.25) is 0 Å². The third kappa shape index (κ3) is 7.19. The molecule has 15 aromatic carbocycles. The molecule has 0 radical (unpaired) electrons. The van der Waals surface area contributed by atoms with E-state index >= 15 is 0 Å². The van der Waals surface area contributed by atoms with Crippen LogP contribution >= 0.6 is 0 Å². The molecule has 105 heavy (non-hydrogen) atoms. The Morgan fingerprint density at radius 3 is 0.724 bits per heavy atom. The van der Waals surface area contributed by atoms with E-state index in [2.05, 4.69) is 372 Å². The van der Waals surface area contributed by atoms with Gasteiger partial charge in [-0.15, -0.1) is 0 Å². The number of rotatable bonds is 8. The first-order chi connectivity index (χ1) is 52.2. The molecule has 15 aromatic rings. The van der Waals surface area contributed by atoms with Crippen LogP contribution in [0.1, 0.15) is 0 Å². The normalized spacial score (nSPS) is 15.0. The van der Waals surface area contributed by atoms with Gasteiger partial charge in [-0.3, -0.25) is 0 Å². The zero-order valence-corrected chi connectivity index (χ0v) is 56.5. The summed E-state index contributed by atoms with van der Waals surface area (Å²) in [4.78, 5) is 21.1. The number of para-hydroxylation sites is 10. The lowest BCUT2D eigenvalue weighted by Gasteiger charge is -2.56. The summed E-state index contributed by atoms with van der Waals surface area (Å²) in [5.41, 5.74) is 37.6. The number of hydrogen-bond donors (Lipinski definition) is 0. The molecule has 0 saturated carbocycles. The summed E-state index contributed by atoms with van der Waals surface area (Å²) in [6, 6.07) is 124. The van der Waals surface area contributed by atoms with E-state index in [1.165, 1.54) is 66.4 Å². The van der Waals surface area contributed by atoms with E-state index < -0.39 is 21.1 Å². The monoisotopic (exact) mass is 1330 g/mol. The van der Waals surface area contributed by atoms with Crippen LogP contribution < -0.4 is 75.1 Å². The van der Waals surface area contributed by atoms with E-state index in [4.69, 9.17) is 9.31 Å². The molecule has 0 saturated heterocycles. The molecule has 10 aliphatic rings. The predicted molar refractivity (Wildman–Crippen MR) is 436 cm³/mol. The fourth-order valence-corrected chi connectivity index (χ4v) is 20.1. The molecule has 0 amide bonds. The van der Waals surface area contributed by atoms with Gasteiger partial charge in [-0.25, -0.2) is 0 Å². The molecule has 0 bridgehead atoms. The van der Waals surface area contributed by atoms with Crippen molar-refractivity contribution in [1.82, 2.24) is 0 Å². The SMILES string of the molecule is c1ccc(N2B3c4c(ccc5c4-c4c(cc6c7c4B(N(c4ccccc4)c4cc8c9c(c4-7)B(O6)Oc4cc6c7c(c4-9)B(N8c4ccccc4)N(c4ccccc4)c4ccc8c(c4-7)B(N(c4ccccc4)c4ccccc4-8)N6c4ccccc4)N5c4ccccc4)N3c3ccccc3)-c3ccccc32)cc1. The van der Waals surface area contributed by atoms with Gasteiger partial charge in [-0.1, -0.05) is 194 Å². The van der Waals surface area contributed by atoms with E-state index in [1.54, 1.807) is 0 Å². The average Bonchev–Trinajstić information content (AvgIpc) is 0.654. The van der Waals surface area contributed by atoms with Crippen LogP contribution in [0, 0.1) is 0 Å². The van der Waals surface area contributed by atoms with Crippen LogP contribution in [0.3, 0.4) is 0 Å². The van der Waals surface area contributed by atoms with Crippen molar-refractivity contribution >= 4 is 153 Å². The molecule has 25 rings (SSSR count). The van der Waals surface area contributed by atoms with Crippen LogP contribution in [0.25, 0.3) is 66.8 Å². The standard InChI is InChI=1S/C90H55B5N8O2/c1-9-29-56(30-10-1)96-68-47-27-25-45-64(68)66-49-51-70-78-80-74(102(91(96)86(66)78)62-41-21-7-22-42-62)54-76-84-82-72(100(60-37-17-5-18-38-60)93(88(80)84)98(70)58-33-13-3-14-34-58)53-73-83-85-77(105-95(104-76)90(82)83)55-75-81-79-71(99(59-35-15-4-16-36-59)94(89(81)85)101(73)61-39-19-6-20-40-61)52-50-67-65-46-26-28-48-69(65)97(57-31-11-2-12-32-57)92(87(67)79)103(75)63-43-23-8-24-44-63/h1-55H. The lowest BCUT2D eigenvalue weighted by Crippen LogP contribution is -2.69. The van der Waals surface area contributed by atoms with Gasteiger partial charge in [-0.2, -0.15) is 0 Å². The van der Waals surface area contributed by atoms with Crippen LogP contribution in [-0.2, 0) is 0 Å². The summed E-state index contributed by atoms with van der Waals surface area (Å²) >= 11 is 0. The zero-order chi connectivity index (χ0) is 68.0. The summed E-state index contributed by atoms with van der Waals surface area (Å²) < 4.78 is 16.3. The van der Waals surface area contributed by atoms with E-state index in [-0.39, 0.29) is 14.0 Å². The Kier molecular flexibility index (Phi) is 11.1. The van der Waals surface area contributed by atoms with Crippen molar-refractivity contribution in [2.24, 2.45) is 0 Å². The highest BCUT2D eigenvalue weighted by Gasteiger charge is 2.63. The van der Waals surface area contributed by atoms with Gasteiger partial charge in [0.2, 0.25) is 0 Å². The molecule has 10 heterocycles. The van der Waals surface area contributed by atoms with Crippen molar-refractivity contribution in [3.63, 3.8) is 0 Å². The summed E-state index contributed by atoms with van der Waals surface area (Å²) in [7, 11) is -0.897. The maximum Gasteiger partial charge on any atom is 0.634 e. The highest BCUT2D eigenvalue weighted by molar-refractivity contribution is 6.93. The predicted octanol–water partition coefficient (Wildman–Crippen LogP) is 18.2. The number of fused-ring (bicyclic) bond motifs is 4. The highest BCUT2D eigenvalue weighted by Crippen LogP contribution is 2.64. The van der Waals surface area contributed by atoms with Gasteiger partial charge >= 0.3 is 35.0 Å². The Hall–Kier alpha value is -13.4. The summed E-state index contributed by atoms with van der Waals surface area (Å²) in [5, 5.41) is 0. The first-order valence-electron chi connectivity index (χ1n) is 36.5. The molecule has 15 heteroatoms. The fourth-order valence-electron chi connectivity index (χ4n) is 20.1. The van der Waals surface area contributed by atoms with Gasteiger partial charge in [0.1, 0.15) is 11.5 Å². The summed E-state index contributed by atoms with van der Waals surface area (Å²) in [5.74, 6) is 1.56. The quantitative estimate of drug-likeness (QED) is 0.138. The molecule has 0 fully saturated rings. The highest BCUT2D eigenvalue weighted by atomic mass is 16.6. The van der Waals surface area contributed by atoms with Gasteiger partial charge in [0.05, 0.1) is 0 Å². The first-order valence-corrected chi connectivity index (χ1v) is 36.5. The van der Waals surface area contributed by atoms with Gasteiger partial charge < -0.3 is 47.8 Å². The minimum Gasteiger partial charge on any atom is -0.521 e. The molecular weight excluding hydrogens is 1280 g/mol. The molecule has 10 aliphatic heterocycles. The van der Waals surface area contributed by atoms with Crippen molar-refractivity contribution < 1.29 is 9.31 Å². The number of hydrogen-bond acceptors (Lipinski definition) is 10. The first kappa shape index (κ1) is 56.3. The second kappa shape index (κ2) is 20.7. The number of benzene rings is 15. The Bertz CT molecular complexity index is 5900. The van der Waals surface area contributed by atoms with Gasteiger partial charge in [-0.05, 0) is 160 Å². The van der Waals surface area contributed by atoms with Crippen LogP contribution in [-0.4, -0.2) is 35.0 Å². The van der Waals surface area contributed by atoms with Crippen LogP contribution in [0.5, 0.6) is 11.5 Å². The molecule has 482 valence electrons. The average molecular weight is 1330 g/mol. The fraction of sp³-hybridized carbons (Fsp3) is 0. The maximum absolute atomic E-state index is 8.16. The van der Waals surface area contributed by atoms with Crippen molar-refractivity contribution in [1.29, 1.82) is 0 Å². The van der Waals surface area contributed by atoms with Crippen molar-refractivity contribution in [2.45, 2.75) is 0 Å². The van der Waals surface area contributed by atoms with E-state index in [1.807, 2.05) is 0 Å². The number of nitrogens with zero attached hydrogens (tertiary/aromatic N) is 8. The van der Waals surface area contributed by atoms with E-state index in [0.29, 0.717) is 0 Å². The van der Waals surface area contributed by atoms with Gasteiger partial charge in [0.15, 0.2) is 0 Å². The molecule has 0 N–H and O–H groups in total. The largest absolute Gasteiger partial charge is 0.634 e. The minimum atomic E-state index is -0.897. The Morgan fingerprint density at radius 1 is 0.171 bits per heavy atom. The second-order valence-corrected chi connectivity index (χ2v) is 28.8. The Morgan fingerprint density at radius 2 is 0.410 bits per heavy atom. The smallest absolute Gasteiger partial charge is 0.521 e. The molecule has 10 nitrogen and oxygen atoms in total. The zero-order valence-electron chi connectivity index (χ0n) is 56.5. The van der Waals surface area contributed by atoms with E-state index in [9.17, 15) is 0 Å². The maximum atomic E-state index is 8.16. The molecule has 0 aliphatic carbocycles. The van der Waals surface area contributed by atoms with Crippen LogP contribution in [0.4, 0.5) is 91.0 Å². The van der Waals surface area contributed by atoms with Crippen molar-refractivity contribution in [3.8, 4) is 78.3 Å². The Balaban J connectivity index is 0.844. The summed E-state index contributed by atoms with van der Waals surface area (Å²) in [6.45, 7) is -1.58. The van der Waals surface area contributed by atoms with Crippen molar-refractivity contribution in [2.75, 3.05) is 38.5 Å². The molecule has 0 aromatic heterocycles. The second-order valence-electron chi connectivity index (χ2n) is 28.8. The van der Waals surface area contributed by atoms with Gasteiger partial charge in [0, 0.05) is 164 Å². The molecule has 0 atom stereocenters. The van der Waals surface area contributed by atoms with Crippen molar-refractivity contribution in [3.05, 3.63) is 334 Å². The third-order valence-corrected chi connectivity index (χ3v) is 23.8. The van der Waals surface area contributed by atoms with E-state index in [0.717, 1.165) is 130 Å². The number of anilines is 16. The van der Waals surface area contributed by atoms with Crippen LogP contribution in [0.15, 0.2) is 334 Å². The molecular formula is C90H55B5N8O2. The Labute approximate surface area is 609 Å². The third-order valence-electron chi connectivity index (χ3n) is 23.8. The minimum absolute atomic E-state index is 0.341. The molecule has 0 spiro atoms. The summed E-state index contributed by atoms with van der Waals surface area (Å²) in [6.07, 6.45) is 0.